The van der Waals surface area contributed by atoms with Gasteiger partial charge in [-0.15, -0.1) is 0 Å². The molecule has 0 fully saturated rings. The van der Waals surface area contributed by atoms with Gasteiger partial charge >= 0.3 is 20.5 Å². The fourth-order valence-corrected chi connectivity index (χ4v) is 18.1. The Morgan fingerprint density at radius 3 is 1.68 bits per heavy atom. The lowest BCUT2D eigenvalue weighted by atomic mass is 10.1. The first-order valence-corrected chi connectivity index (χ1v) is 26.2. The number of ether oxygens (including phenoxy) is 3. The van der Waals surface area contributed by atoms with Crippen LogP contribution in [0.5, 0.6) is 17.2 Å². The van der Waals surface area contributed by atoms with Crippen molar-refractivity contribution in [2.75, 3.05) is 6.61 Å². The number of hydrogen-bond acceptors (Lipinski definition) is 7. The molecule has 0 heterocycles. The molecule has 0 saturated carbocycles. The number of carbonyl (C=O) groups excluding carboxylic acids is 2. The summed E-state index contributed by atoms with van der Waals surface area (Å²) in [6.45, 7) is 16.4. The second kappa shape index (κ2) is 17.8. The second-order valence-electron chi connectivity index (χ2n) is 13.7. The Bertz CT molecular complexity index is 1440. The molecule has 7 nitrogen and oxygen atoms in total. The van der Waals surface area contributed by atoms with Crippen molar-refractivity contribution >= 4 is 60.3 Å². The van der Waals surface area contributed by atoms with E-state index in [1.165, 1.54) is 37.5 Å². The Hall–Kier alpha value is -2.45. The van der Waals surface area contributed by atoms with Crippen LogP contribution in [0.25, 0.3) is 0 Å². The van der Waals surface area contributed by atoms with Gasteiger partial charge in [-0.3, -0.25) is 0 Å². The minimum atomic E-state index is -2.14. The van der Waals surface area contributed by atoms with Gasteiger partial charge in [0.25, 0.3) is 0 Å². The quantitative estimate of drug-likeness (QED) is 0.0557. The first-order chi connectivity index (χ1) is 22.0. The van der Waals surface area contributed by atoms with Crippen LogP contribution in [-0.2, 0) is 8.23 Å². The Labute approximate surface area is 293 Å². The Morgan fingerprint density at radius 1 is 0.596 bits per heavy atom. The molecule has 0 N–H and O–H groups in total. The lowest BCUT2D eigenvalue weighted by Crippen LogP contribution is -2.52. The highest BCUT2D eigenvalue weighted by Crippen LogP contribution is 2.28. The molecule has 0 aliphatic carbocycles. The van der Waals surface area contributed by atoms with Gasteiger partial charge in [-0.1, -0.05) is 55.3 Å². The van der Waals surface area contributed by atoms with E-state index in [9.17, 15) is 9.59 Å². The molecule has 256 valence electrons. The van der Waals surface area contributed by atoms with Crippen molar-refractivity contribution < 1.29 is 32.0 Å². The standard InChI is InChI=1S/C35H48Cl2O7Si3/c1-45(2,3)43-47(7,44-46(4,5)6)25-13-11-9-8-10-12-24-40-29-18-14-27(15-19-29)34(38)42-31-22-23-32(33(37)26-31)35(39)41-30-20-16-28(36)17-21-30/h14-23,26H,8-13,24-25H2,1-7H3. The maximum atomic E-state index is 12.7. The molecule has 0 bridgehead atoms. The van der Waals surface area contributed by atoms with E-state index in [1.807, 2.05) is 0 Å². The van der Waals surface area contributed by atoms with Crippen molar-refractivity contribution in [2.24, 2.45) is 0 Å². The van der Waals surface area contributed by atoms with Crippen molar-refractivity contribution in [2.45, 2.75) is 90.4 Å². The lowest BCUT2D eigenvalue weighted by Gasteiger charge is -2.38. The topological polar surface area (TPSA) is 80.3 Å². The van der Waals surface area contributed by atoms with Crippen molar-refractivity contribution in [3.05, 3.63) is 87.9 Å². The van der Waals surface area contributed by atoms with Crippen molar-refractivity contribution in [1.82, 2.24) is 0 Å². The normalized spacial score (nSPS) is 12.1. The molecule has 3 rings (SSSR count). The van der Waals surface area contributed by atoms with E-state index >= 15 is 0 Å². The fraction of sp³-hybridized carbons (Fsp3) is 0.429. The van der Waals surface area contributed by atoms with Crippen LogP contribution < -0.4 is 14.2 Å². The average Bonchev–Trinajstić information content (AvgIpc) is 2.95. The number of halogens is 2. The maximum absolute atomic E-state index is 12.7. The number of hydrogen-bond donors (Lipinski definition) is 0. The van der Waals surface area contributed by atoms with Gasteiger partial charge in [0.05, 0.1) is 22.8 Å². The van der Waals surface area contributed by atoms with Gasteiger partial charge in [-0.05, 0) is 119 Å². The first kappa shape index (κ1) is 39.0. The molecule has 0 atom stereocenters. The predicted molar refractivity (Wildman–Crippen MR) is 198 cm³/mol. The lowest BCUT2D eigenvalue weighted by molar-refractivity contribution is 0.0730. The van der Waals surface area contributed by atoms with Crippen molar-refractivity contribution in [3.8, 4) is 17.2 Å². The van der Waals surface area contributed by atoms with Gasteiger partial charge in [0, 0.05) is 11.1 Å². The van der Waals surface area contributed by atoms with Gasteiger partial charge in [-0.2, -0.15) is 0 Å². The molecule has 0 radical (unpaired) electrons. The Kier molecular flexibility index (Phi) is 14.8. The highest BCUT2D eigenvalue weighted by atomic mass is 35.5. The molecule has 0 aliphatic heterocycles. The van der Waals surface area contributed by atoms with Gasteiger partial charge in [0.1, 0.15) is 17.2 Å². The molecule has 0 aliphatic rings. The summed E-state index contributed by atoms with van der Waals surface area (Å²) in [6.07, 6.45) is 6.79. The van der Waals surface area contributed by atoms with E-state index < -0.39 is 37.1 Å². The van der Waals surface area contributed by atoms with Crippen LogP contribution in [0.15, 0.2) is 66.7 Å². The zero-order valence-corrected chi connectivity index (χ0v) is 33.1. The van der Waals surface area contributed by atoms with Crippen molar-refractivity contribution in [1.29, 1.82) is 0 Å². The number of unbranched alkanes of at least 4 members (excludes halogenated alkanes) is 5. The number of benzene rings is 3. The van der Waals surface area contributed by atoms with Crippen LogP contribution in [0.4, 0.5) is 0 Å². The third-order valence-electron chi connectivity index (χ3n) is 6.82. The van der Waals surface area contributed by atoms with E-state index in [1.54, 1.807) is 48.5 Å². The molecule has 0 unspecified atom stereocenters. The van der Waals surface area contributed by atoms with E-state index in [-0.39, 0.29) is 16.3 Å². The summed E-state index contributed by atoms with van der Waals surface area (Å²) in [6, 6.07) is 18.6. The van der Waals surface area contributed by atoms with Gasteiger partial charge < -0.3 is 22.4 Å². The first-order valence-electron chi connectivity index (χ1n) is 16.1. The summed E-state index contributed by atoms with van der Waals surface area (Å²) in [7, 11) is -5.44. The van der Waals surface area contributed by atoms with Crippen LogP contribution in [0.1, 0.15) is 59.2 Å². The summed E-state index contributed by atoms with van der Waals surface area (Å²) >= 11 is 12.2. The van der Waals surface area contributed by atoms with E-state index in [0.717, 1.165) is 25.3 Å². The average molecular weight is 736 g/mol. The summed E-state index contributed by atoms with van der Waals surface area (Å²) in [5.41, 5.74) is 0.507. The molecule has 47 heavy (non-hydrogen) atoms. The minimum absolute atomic E-state index is 0.0989. The Balaban J connectivity index is 1.35. The highest BCUT2D eigenvalue weighted by Gasteiger charge is 2.39. The second-order valence-corrected chi connectivity index (χ2v) is 27.4. The third-order valence-corrected chi connectivity index (χ3v) is 17.0. The summed E-state index contributed by atoms with van der Waals surface area (Å²) < 4.78 is 29.9. The SMILES string of the molecule is C[Si](C)(C)O[Si](C)(CCCCCCCCOc1ccc(C(=O)Oc2ccc(C(=O)Oc3ccc(Cl)cc3)c(Cl)c2)cc1)O[Si](C)(C)C. The minimum Gasteiger partial charge on any atom is -0.494 e. The molecule has 0 aromatic heterocycles. The van der Waals surface area contributed by atoms with Gasteiger partial charge in [0.15, 0.2) is 16.6 Å². The van der Waals surface area contributed by atoms with Crippen molar-refractivity contribution in [3.63, 3.8) is 0 Å². The predicted octanol–water partition coefficient (Wildman–Crippen LogP) is 10.9. The number of rotatable bonds is 18. The van der Waals surface area contributed by atoms with E-state index in [2.05, 4.69) is 45.8 Å². The van der Waals surface area contributed by atoms with Gasteiger partial charge in [0.2, 0.25) is 0 Å². The zero-order chi connectivity index (χ0) is 34.7. The third kappa shape index (κ3) is 14.7. The Morgan fingerprint density at radius 2 is 1.11 bits per heavy atom. The van der Waals surface area contributed by atoms with E-state index in [4.69, 9.17) is 45.6 Å². The number of carbonyl (C=O) groups is 2. The molecular weight excluding hydrogens is 688 g/mol. The number of esters is 2. The molecule has 3 aromatic rings. The summed E-state index contributed by atoms with van der Waals surface area (Å²) in [5, 5.41) is 0.628. The molecular formula is C35H48Cl2O7Si3. The smallest absolute Gasteiger partial charge is 0.345 e. The highest BCUT2D eigenvalue weighted by molar-refractivity contribution is 6.87. The van der Waals surface area contributed by atoms with Crippen LogP contribution in [0.3, 0.4) is 0 Å². The molecule has 0 spiro atoms. The molecule has 12 heteroatoms. The molecule has 0 amide bonds. The molecule has 0 saturated heterocycles. The van der Waals surface area contributed by atoms with Crippen LogP contribution >= 0.6 is 23.2 Å². The van der Waals surface area contributed by atoms with Gasteiger partial charge in [-0.25, -0.2) is 9.59 Å². The van der Waals surface area contributed by atoms with Crippen LogP contribution in [-0.4, -0.2) is 43.7 Å². The fourth-order valence-electron chi connectivity index (χ4n) is 5.11. The largest absolute Gasteiger partial charge is 0.494 e. The maximum Gasteiger partial charge on any atom is 0.345 e. The van der Waals surface area contributed by atoms with Crippen LogP contribution in [0.2, 0.25) is 61.9 Å². The zero-order valence-electron chi connectivity index (χ0n) is 28.6. The monoisotopic (exact) mass is 734 g/mol. The summed E-state index contributed by atoms with van der Waals surface area (Å²) in [5.74, 6) is 0.0514. The molecule has 3 aromatic carbocycles. The van der Waals surface area contributed by atoms with E-state index in [0.29, 0.717) is 28.7 Å². The van der Waals surface area contributed by atoms with Crippen LogP contribution in [0, 0.1) is 0 Å². The summed E-state index contributed by atoms with van der Waals surface area (Å²) in [4.78, 5) is 25.2.